The van der Waals surface area contributed by atoms with Crippen LogP contribution in [0, 0.1) is 6.92 Å². The zero-order valence-electron chi connectivity index (χ0n) is 12.8. The predicted octanol–water partition coefficient (Wildman–Crippen LogP) is 1.95. The molecule has 1 aliphatic heterocycles. The highest BCUT2D eigenvalue weighted by atomic mass is 16.5. The molecule has 6 heteroatoms. The molecule has 1 aromatic carbocycles. The Morgan fingerprint density at radius 2 is 2.09 bits per heavy atom. The summed E-state index contributed by atoms with van der Waals surface area (Å²) < 4.78 is 10.5. The smallest absolute Gasteiger partial charge is 0.233 e. The third-order valence-electron chi connectivity index (χ3n) is 3.72. The van der Waals surface area contributed by atoms with E-state index in [-0.39, 0.29) is 11.8 Å². The van der Waals surface area contributed by atoms with Crippen molar-refractivity contribution in [3.05, 3.63) is 41.5 Å². The van der Waals surface area contributed by atoms with Crippen LogP contribution < -0.4 is 4.74 Å². The molecule has 22 heavy (non-hydrogen) atoms. The highest BCUT2D eigenvalue weighted by molar-refractivity contribution is 5.79. The van der Waals surface area contributed by atoms with Gasteiger partial charge in [-0.05, 0) is 31.5 Å². The lowest BCUT2D eigenvalue weighted by molar-refractivity contribution is -0.135. The number of likely N-dealkylation sites (tertiary alicyclic amines) is 1. The van der Waals surface area contributed by atoms with Gasteiger partial charge in [-0.1, -0.05) is 17.3 Å². The van der Waals surface area contributed by atoms with Gasteiger partial charge in [0.25, 0.3) is 0 Å². The summed E-state index contributed by atoms with van der Waals surface area (Å²) in [6, 6.07) is 7.65. The molecule has 6 nitrogen and oxygen atoms in total. The van der Waals surface area contributed by atoms with Crippen molar-refractivity contribution >= 4 is 5.91 Å². The van der Waals surface area contributed by atoms with Crippen molar-refractivity contribution in [2.75, 3.05) is 19.7 Å². The predicted molar refractivity (Wildman–Crippen MR) is 79.7 cm³/mol. The minimum Gasteiger partial charge on any atom is -0.494 e. The number of carbonyl (C=O) groups is 1. The first-order chi connectivity index (χ1) is 10.7. The number of rotatable bonds is 5. The number of hydrogen-bond acceptors (Lipinski definition) is 5. The summed E-state index contributed by atoms with van der Waals surface area (Å²) in [5, 5.41) is 3.78. The first-order valence-corrected chi connectivity index (χ1v) is 7.45. The molecule has 1 fully saturated rings. The number of nitrogens with zero attached hydrogens (tertiary/aromatic N) is 3. The van der Waals surface area contributed by atoms with E-state index in [0.29, 0.717) is 37.8 Å². The van der Waals surface area contributed by atoms with Crippen molar-refractivity contribution < 1.29 is 14.1 Å². The Kier molecular flexibility index (Phi) is 4.09. The Labute approximate surface area is 129 Å². The molecule has 2 heterocycles. The average Bonchev–Trinajstić information content (AvgIpc) is 2.86. The summed E-state index contributed by atoms with van der Waals surface area (Å²) in [7, 11) is 0. The fourth-order valence-corrected chi connectivity index (χ4v) is 2.47. The number of amides is 1. The number of aryl methyl sites for hydroxylation is 1. The molecule has 0 atom stereocenters. The third kappa shape index (κ3) is 3.10. The van der Waals surface area contributed by atoms with E-state index >= 15 is 0 Å². The quantitative estimate of drug-likeness (QED) is 0.844. The largest absolute Gasteiger partial charge is 0.494 e. The van der Waals surface area contributed by atoms with Gasteiger partial charge in [-0.25, -0.2) is 0 Å². The second kappa shape index (κ2) is 6.17. The molecule has 0 radical (unpaired) electrons. The number of hydrogen-bond donors (Lipinski definition) is 0. The maximum absolute atomic E-state index is 12.2. The van der Waals surface area contributed by atoms with Crippen LogP contribution in [-0.4, -0.2) is 40.6 Å². The van der Waals surface area contributed by atoms with Gasteiger partial charge in [0.1, 0.15) is 5.75 Å². The van der Waals surface area contributed by atoms with Crippen LogP contribution in [-0.2, 0) is 11.2 Å². The molecule has 0 aliphatic carbocycles. The van der Waals surface area contributed by atoms with Crippen LogP contribution in [0.15, 0.2) is 28.8 Å². The summed E-state index contributed by atoms with van der Waals surface area (Å²) in [5.74, 6) is 2.38. The molecular weight excluding hydrogens is 282 g/mol. The fourth-order valence-electron chi connectivity index (χ4n) is 2.47. The van der Waals surface area contributed by atoms with Crippen LogP contribution in [0.5, 0.6) is 5.75 Å². The first kappa shape index (κ1) is 14.6. The van der Waals surface area contributed by atoms with E-state index in [2.05, 4.69) is 10.1 Å². The Balaban J connectivity index is 1.51. The number of aromatic nitrogens is 2. The topological polar surface area (TPSA) is 68.5 Å². The van der Waals surface area contributed by atoms with Crippen LogP contribution in [0.25, 0.3) is 0 Å². The lowest BCUT2D eigenvalue weighted by Gasteiger charge is -2.37. The van der Waals surface area contributed by atoms with Gasteiger partial charge in [0.05, 0.1) is 18.9 Å². The van der Waals surface area contributed by atoms with E-state index in [1.54, 1.807) is 6.92 Å². The van der Waals surface area contributed by atoms with Crippen molar-refractivity contribution in [1.82, 2.24) is 15.0 Å². The maximum atomic E-state index is 12.2. The molecule has 0 saturated carbocycles. The van der Waals surface area contributed by atoms with Gasteiger partial charge in [-0.3, -0.25) is 4.79 Å². The molecule has 1 saturated heterocycles. The van der Waals surface area contributed by atoms with Crippen LogP contribution in [0.1, 0.15) is 30.1 Å². The van der Waals surface area contributed by atoms with E-state index < -0.39 is 0 Å². The minimum absolute atomic E-state index is 0.122. The molecule has 1 aliphatic rings. The van der Waals surface area contributed by atoms with Gasteiger partial charge in [0.2, 0.25) is 11.8 Å². The summed E-state index contributed by atoms with van der Waals surface area (Å²) >= 11 is 0. The second-order valence-electron chi connectivity index (χ2n) is 5.43. The molecular formula is C16H19N3O3. The lowest BCUT2D eigenvalue weighted by atomic mass is 9.99. The van der Waals surface area contributed by atoms with Crippen LogP contribution in [0.4, 0.5) is 0 Å². The molecule has 2 aromatic rings. The normalized spacial score (nSPS) is 14.7. The second-order valence-corrected chi connectivity index (χ2v) is 5.43. The summed E-state index contributed by atoms with van der Waals surface area (Å²) in [5.41, 5.74) is 0.991. The number of ether oxygens (including phenoxy) is 1. The molecule has 1 amide bonds. The van der Waals surface area contributed by atoms with Crippen molar-refractivity contribution in [3.63, 3.8) is 0 Å². The van der Waals surface area contributed by atoms with Crippen molar-refractivity contribution in [1.29, 1.82) is 0 Å². The van der Waals surface area contributed by atoms with Crippen LogP contribution >= 0.6 is 0 Å². The summed E-state index contributed by atoms with van der Waals surface area (Å²) in [4.78, 5) is 18.2. The van der Waals surface area contributed by atoms with Gasteiger partial charge >= 0.3 is 0 Å². The van der Waals surface area contributed by atoms with E-state index in [1.165, 1.54) is 0 Å². The van der Waals surface area contributed by atoms with Gasteiger partial charge in [0.15, 0.2) is 5.82 Å². The Morgan fingerprint density at radius 1 is 1.36 bits per heavy atom. The van der Waals surface area contributed by atoms with E-state index in [1.807, 2.05) is 36.1 Å². The van der Waals surface area contributed by atoms with Gasteiger partial charge in [-0.15, -0.1) is 0 Å². The Bertz CT molecular complexity index is 645. The van der Waals surface area contributed by atoms with E-state index in [4.69, 9.17) is 9.26 Å². The molecule has 0 bridgehead atoms. The SMILES string of the molecule is CCOc1ccc(CC(=O)N2CC(c3nc(C)no3)C2)cc1. The van der Waals surface area contributed by atoms with Crippen molar-refractivity contribution in [2.45, 2.75) is 26.2 Å². The molecule has 0 unspecified atom stereocenters. The van der Waals surface area contributed by atoms with Gasteiger partial charge < -0.3 is 14.2 Å². The first-order valence-electron chi connectivity index (χ1n) is 7.45. The monoisotopic (exact) mass is 301 g/mol. The van der Waals surface area contributed by atoms with E-state index in [0.717, 1.165) is 11.3 Å². The zero-order chi connectivity index (χ0) is 15.5. The highest BCUT2D eigenvalue weighted by Gasteiger charge is 2.35. The molecule has 3 rings (SSSR count). The average molecular weight is 301 g/mol. The molecule has 0 spiro atoms. The lowest BCUT2D eigenvalue weighted by Crippen LogP contribution is -2.49. The van der Waals surface area contributed by atoms with Gasteiger partial charge in [0, 0.05) is 13.1 Å². The van der Waals surface area contributed by atoms with Crippen LogP contribution in [0.2, 0.25) is 0 Å². The molecule has 116 valence electrons. The molecule has 1 aromatic heterocycles. The fraction of sp³-hybridized carbons (Fsp3) is 0.438. The van der Waals surface area contributed by atoms with Gasteiger partial charge in [-0.2, -0.15) is 4.98 Å². The standard InChI is InChI=1S/C16H19N3O3/c1-3-21-14-6-4-12(5-7-14)8-15(20)19-9-13(10-19)16-17-11(2)18-22-16/h4-7,13H,3,8-10H2,1-2H3. The highest BCUT2D eigenvalue weighted by Crippen LogP contribution is 2.26. The van der Waals surface area contributed by atoms with Crippen molar-refractivity contribution in [2.24, 2.45) is 0 Å². The maximum Gasteiger partial charge on any atom is 0.233 e. The van der Waals surface area contributed by atoms with Crippen molar-refractivity contribution in [3.8, 4) is 5.75 Å². The Hall–Kier alpha value is -2.37. The molecule has 0 N–H and O–H groups in total. The number of carbonyl (C=O) groups excluding carboxylic acids is 1. The third-order valence-corrected chi connectivity index (χ3v) is 3.72. The summed E-state index contributed by atoms with van der Waals surface area (Å²) in [6.45, 7) is 5.68. The Morgan fingerprint density at radius 3 is 2.68 bits per heavy atom. The van der Waals surface area contributed by atoms with E-state index in [9.17, 15) is 4.79 Å². The van der Waals surface area contributed by atoms with Crippen LogP contribution in [0.3, 0.4) is 0 Å². The zero-order valence-corrected chi connectivity index (χ0v) is 12.8. The minimum atomic E-state index is 0.122. The number of benzene rings is 1. The summed E-state index contributed by atoms with van der Waals surface area (Å²) in [6.07, 6.45) is 0.405.